The second-order valence-electron chi connectivity index (χ2n) is 5.49. The van der Waals surface area contributed by atoms with Gasteiger partial charge in [-0.3, -0.25) is 0 Å². The summed E-state index contributed by atoms with van der Waals surface area (Å²) in [6, 6.07) is 10.3. The number of hydrogen-bond acceptors (Lipinski definition) is 7. The van der Waals surface area contributed by atoms with Gasteiger partial charge in [0.05, 0.1) is 5.69 Å². The minimum Gasteiger partial charge on any atom is -0.361 e. The molecule has 2 heterocycles. The Morgan fingerprint density at radius 1 is 1.22 bits per heavy atom. The largest absolute Gasteiger partial charge is 0.361 e. The number of aromatic nitrogens is 3. The van der Waals surface area contributed by atoms with Crippen LogP contribution in [-0.4, -0.2) is 15.4 Å². The Kier molecular flexibility index (Phi) is 4.97. The van der Waals surface area contributed by atoms with Gasteiger partial charge in [0.15, 0.2) is 4.34 Å². The number of benzene rings is 1. The molecule has 0 radical (unpaired) electrons. The zero-order chi connectivity index (χ0) is 16.2. The van der Waals surface area contributed by atoms with Crippen LogP contribution < -0.4 is 5.32 Å². The minimum atomic E-state index is 0.536. The van der Waals surface area contributed by atoms with E-state index in [1.165, 1.54) is 16.9 Å². The molecular formula is C16H18N4OS2. The quantitative estimate of drug-likeness (QED) is 0.634. The van der Waals surface area contributed by atoms with Gasteiger partial charge in [-0.1, -0.05) is 54.2 Å². The summed E-state index contributed by atoms with van der Waals surface area (Å²) in [6.45, 7) is 6.26. The van der Waals surface area contributed by atoms with Crippen LogP contribution in [0.25, 0.3) is 0 Å². The fourth-order valence-corrected chi connectivity index (χ4v) is 3.67. The predicted molar refractivity (Wildman–Crippen MR) is 94.5 cm³/mol. The van der Waals surface area contributed by atoms with E-state index in [1.54, 1.807) is 11.8 Å². The molecule has 0 spiro atoms. The monoisotopic (exact) mass is 346 g/mol. The summed E-state index contributed by atoms with van der Waals surface area (Å²) in [5.74, 6) is 2.09. The van der Waals surface area contributed by atoms with Crippen molar-refractivity contribution >= 4 is 33.9 Å². The summed E-state index contributed by atoms with van der Waals surface area (Å²) < 4.78 is 5.96. The first-order valence-corrected chi connectivity index (χ1v) is 9.16. The van der Waals surface area contributed by atoms with E-state index in [0.29, 0.717) is 5.92 Å². The smallest absolute Gasteiger partial charge is 0.210 e. The van der Waals surface area contributed by atoms with Crippen molar-refractivity contribution in [1.82, 2.24) is 15.4 Å². The lowest BCUT2D eigenvalue weighted by atomic mass is 10.0. The standard InChI is InChI=1S/C16H18N4OS2/c1-10(2)12-4-6-13(7-5-12)17-15-18-19-16(23-15)22-9-14-8-11(3)21-20-14/h4-8,10H,9H2,1-3H3,(H,17,18). The highest BCUT2D eigenvalue weighted by atomic mass is 32.2. The molecule has 0 bridgehead atoms. The summed E-state index contributed by atoms with van der Waals surface area (Å²) in [6.07, 6.45) is 0. The Morgan fingerprint density at radius 2 is 2.00 bits per heavy atom. The Balaban J connectivity index is 1.58. The second-order valence-corrected chi connectivity index (χ2v) is 7.69. The van der Waals surface area contributed by atoms with Crippen molar-refractivity contribution in [2.75, 3.05) is 5.32 Å². The molecule has 0 fully saturated rings. The topological polar surface area (TPSA) is 63.8 Å². The first kappa shape index (κ1) is 16.0. The van der Waals surface area contributed by atoms with Crippen LogP contribution >= 0.6 is 23.1 Å². The lowest BCUT2D eigenvalue weighted by Gasteiger charge is -2.06. The van der Waals surface area contributed by atoms with E-state index < -0.39 is 0 Å². The van der Waals surface area contributed by atoms with Gasteiger partial charge in [0.25, 0.3) is 0 Å². The summed E-state index contributed by atoms with van der Waals surface area (Å²) in [7, 11) is 0. The summed E-state index contributed by atoms with van der Waals surface area (Å²) in [4.78, 5) is 0. The van der Waals surface area contributed by atoms with Gasteiger partial charge in [0, 0.05) is 17.5 Å². The van der Waals surface area contributed by atoms with E-state index in [4.69, 9.17) is 4.52 Å². The van der Waals surface area contributed by atoms with E-state index in [1.807, 2.05) is 13.0 Å². The van der Waals surface area contributed by atoms with Crippen molar-refractivity contribution in [3.8, 4) is 0 Å². The Morgan fingerprint density at radius 3 is 2.65 bits per heavy atom. The maximum absolute atomic E-state index is 5.06. The molecule has 0 atom stereocenters. The summed E-state index contributed by atoms with van der Waals surface area (Å²) in [5.41, 5.74) is 3.27. The Bertz CT molecular complexity index is 764. The van der Waals surface area contributed by atoms with Crippen LogP contribution in [0, 0.1) is 6.92 Å². The zero-order valence-corrected chi connectivity index (χ0v) is 14.9. The third kappa shape index (κ3) is 4.33. The lowest BCUT2D eigenvalue weighted by Crippen LogP contribution is -1.91. The third-order valence-corrected chi connectivity index (χ3v) is 5.26. The van der Waals surface area contributed by atoms with E-state index in [9.17, 15) is 0 Å². The first-order valence-electron chi connectivity index (χ1n) is 7.35. The van der Waals surface area contributed by atoms with Crippen molar-refractivity contribution in [3.63, 3.8) is 0 Å². The molecule has 3 rings (SSSR count). The number of nitrogens with one attached hydrogen (secondary N) is 1. The van der Waals surface area contributed by atoms with E-state index >= 15 is 0 Å². The highest BCUT2D eigenvalue weighted by molar-refractivity contribution is 8.00. The van der Waals surface area contributed by atoms with Crippen LogP contribution in [-0.2, 0) is 5.75 Å². The summed E-state index contributed by atoms with van der Waals surface area (Å²) >= 11 is 3.14. The van der Waals surface area contributed by atoms with Gasteiger partial charge in [0.2, 0.25) is 5.13 Å². The van der Waals surface area contributed by atoms with Gasteiger partial charge in [-0.05, 0) is 30.5 Å². The molecule has 1 aromatic carbocycles. The van der Waals surface area contributed by atoms with Gasteiger partial charge in [0.1, 0.15) is 5.76 Å². The van der Waals surface area contributed by atoms with Crippen molar-refractivity contribution in [2.24, 2.45) is 0 Å². The molecule has 0 saturated heterocycles. The molecule has 0 saturated carbocycles. The second kappa shape index (κ2) is 7.14. The van der Waals surface area contributed by atoms with Gasteiger partial charge in [-0.25, -0.2) is 0 Å². The maximum atomic E-state index is 5.06. The van der Waals surface area contributed by atoms with Crippen LogP contribution in [0.4, 0.5) is 10.8 Å². The van der Waals surface area contributed by atoms with Crippen LogP contribution in [0.5, 0.6) is 0 Å². The SMILES string of the molecule is Cc1cc(CSc2nnc(Nc3ccc(C(C)C)cc3)s2)no1. The predicted octanol–water partition coefficient (Wildman–Crippen LogP) is 4.99. The normalized spacial score (nSPS) is 11.1. The van der Waals surface area contributed by atoms with Gasteiger partial charge in [-0.15, -0.1) is 10.2 Å². The number of rotatable bonds is 6. The third-order valence-electron chi connectivity index (χ3n) is 3.26. The molecule has 3 aromatic rings. The Hall–Kier alpha value is -1.86. The molecule has 0 aliphatic carbocycles. The highest BCUT2D eigenvalue weighted by Crippen LogP contribution is 2.30. The number of thioether (sulfide) groups is 1. The number of nitrogens with zero attached hydrogens (tertiary/aromatic N) is 3. The highest BCUT2D eigenvalue weighted by Gasteiger charge is 2.08. The molecule has 1 N–H and O–H groups in total. The van der Waals surface area contributed by atoms with E-state index in [2.05, 4.69) is 58.8 Å². The van der Waals surface area contributed by atoms with Crippen molar-refractivity contribution in [2.45, 2.75) is 36.8 Å². The molecule has 0 amide bonds. The van der Waals surface area contributed by atoms with Gasteiger partial charge < -0.3 is 9.84 Å². The Labute approximate surface area is 143 Å². The van der Waals surface area contributed by atoms with E-state index in [0.717, 1.165) is 32.4 Å². The fourth-order valence-electron chi connectivity index (χ4n) is 2.02. The number of anilines is 2. The maximum Gasteiger partial charge on any atom is 0.210 e. The minimum absolute atomic E-state index is 0.536. The molecule has 5 nitrogen and oxygen atoms in total. The van der Waals surface area contributed by atoms with E-state index in [-0.39, 0.29) is 0 Å². The zero-order valence-electron chi connectivity index (χ0n) is 13.2. The average molecular weight is 346 g/mol. The molecule has 7 heteroatoms. The summed E-state index contributed by atoms with van der Waals surface area (Å²) in [5, 5.41) is 16.4. The number of aryl methyl sites for hydroxylation is 1. The van der Waals surface area contributed by atoms with Crippen LogP contribution in [0.2, 0.25) is 0 Å². The molecular weight excluding hydrogens is 328 g/mol. The van der Waals surface area contributed by atoms with Gasteiger partial charge >= 0.3 is 0 Å². The molecule has 0 aliphatic heterocycles. The van der Waals surface area contributed by atoms with Crippen LogP contribution in [0.15, 0.2) is 39.2 Å². The number of hydrogen-bond donors (Lipinski definition) is 1. The lowest BCUT2D eigenvalue weighted by molar-refractivity contribution is 0.393. The first-order chi connectivity index (χ1) is 11.1. The van der Waals surface area contributed by atoms with Crippen molar-refractivity contribution in [3.05, 3.63) is 47.3 Å². The molecule has 0 aliphatic rings. The fraction of sp³-hybridized carbons (Fsp3) is 0.312. The van der Waals surface area contributed by atoms with Crippen LogP contribution in [0.1, 0.15) is 36.8 Å². The molecule has 120 valence electrons. The molecule has 2 aromatic heterocycles. The van der Waals surface area contributed by atoms with Crippen molar-refractivity contribution < 1.29 is 4.52 Å². The van der Waals surface area contributed by atoms with Crippen LogP contribution in [0.3, 0.4) is 0 Å². The molecule has 0 unspecified atom stereocenters. The average Bonchev–Trinajstić information content (AvgIpc) is 3.15. The van der Waals surface area contributed by atoms with Crippen molar-refractivity contribution in [1.29, 1.82) is 0 Å². The van der Waals surface area contributed by atoms with Gasteiger partial charge in [-0.2, -0.15) is 0 Å². The molecule has 23 heavy (non-hydrogen) atoms.